The molecule has 0 aliphatic heterocycles. The van der Waals surface area contributed by atoms with E-state index in [0.29, 0.717) is 5.82 Å². The molecule has 2 rings (SSSR count). The van der Waals surface area contributed by atoms with Gasteiger partial charge in [0.1, 0.15) is 17.5 Å². The van der Waals surface area contributed by atoms with Crippen LogP contribution >= 0.6 is 0 Å². The normalized spacial score (nSPS) is 10.9. The Morgan fingerprint density at radius 2 is 1.85 bits per heavy atom. The lowest BCUT2D eigenvalue weighted by molar-refractivity contribution is 0.772. The number of aromatic nitrogens is 2. The summed E-state index contributed by atoms with van der Waals surface area (Å²) in [5.41, 5.74) is 9.26. The molecule has 0 atom stereocenters. The Morgan fingerprint density at radius 3 is 2.45 bits per heavy atom. The Morgan fingerprint density at radius 1 is 1.15 bits per heavy atom. The van der Waals surface area contributed by atoms with Gasteiger partial charge < -0.3 is 10.6 Å². The summed E-state index contributed by atoms with van der Waals surface area (Å²) in [6.07, 6.45) is 0. The van der Waals surface area contributed by atoms with Crippen LogP contribution in [-0.4, -0.2) is 17.0 Å². The number of aryl methyl sites for hydroxylation is 1. The molecule has 0 aliphatic rings. The molecule has 4 heteroatoms. The predicted octanol–water partition coefficient (Wildman–Crippen LogP) is 3.57. The highest BCUT2D eigenvalue weighted by atomic mass is 15.2. The van der Waals surface area contributed by atoms with E-state index in [1.165, 1.54) is 5.56 Å². The maximum atomic E-state index is 6.03. The minimum atomic E-state index is 0.252. The predicted molar refractivity (Wildman–Crippen MR) is 84.5 cm³/mol. The minimum absolute atomic E-state index is 0.252. The lowest BCUT2D eigenvalue weighted by Gasteiger charge is -2.22. The molecule has 0 amide bonds. The Balaban J connectivity index is 2.51. The van der Waals surface area contributed by atoms with Crippen LogP contribution in [0.25, 0.3) is 0 Å². The molecule has 1 aromatic carbocycles. The summed E-state index contributed by atoms with van der Waals surface area (Å²) >= 11 is 0. The first-order chi connectivity index (χ1) is 9.40. The van der Waals surface area contributed by atoms with Crippen molar-refractivity contribution in [2.45, 2.75) is 33.6 Å². The molecule has 0 spiro atoms. The summed E-state index contributed by atoms with van der Waals surface area (Å²) in [5, 5.41) is 0. The monoisotopic (exact) mass is 270 g/mol. The van der Waals surface area contributed by atoms with Crippen molar-refractivity contribution in [3.8, 4) is 0 Å². The van der Waals surface area contributed by atoms with Gasteiger partial charge >= 0.3 is 0 Å². The van der Waals surface area contributed by atoms with Crippen LogP contribution in [0.15, 0.2) is 24.3 Å². The topological polar surface area (TPSA) is 55.0 Å². The van der Waals surface area contributed by atoms with Crippen LogP contribution in [0.2, 0.25) is 0 Å². The molecular weight excluding hydrogens is 248 g/mol. The molecule has 20 heavy (non-hydrogen) atoms. The van der Waals surface area contributed by atoms with Crippen LogP contribution in [-0.2, 0) is 0 Å². The van der Waals surface area contributed by atoms with E-state index in [1.807, 2.05) is 20.0 Å². The quantitative estimate of drug-likeness (QED) is 0.926. The molecule has 0 radical (unpaired) electrons. The number of nitrogen functional groups attached to an aromatic ring is 1. The van der Waals surface area contributed by atoms with Crippen LogP contribution in [0.3, 0.4) is 0 Å². The van der Waals surface area contributed by atoms with E-state index in [-0.39, 0.29) is 5.92 Å². The molecule has 4 nitrogen and oxygen atoms in total. The fourth-order valence-corrected chi connectivity index (χ4v) is 2.08. The highest BCUT2D eigenvalue weighted by Gasteiger charge is 2.15. The summed E-state index contributed by atoms with van der Waals surface area (Å²) < 4.78 is 0. The van der Waals surface area contributed by atoms with Crippen molar-refractivity contribution < 1.29 is 0 Å². The number of nitrogens with two attached hydrogens (primary N) is 1. The molecule has 0 unspecified atom stereocenters. The van der Waals surface area contributed by atoms with Crippen LogP contribution in [0.4, 0.5) is 17.3 Å². The van der Waals surface area contributed by atoms with Gasteiger partial charge in [0.2, 0.25) is 0 Å². The molecule has 0 fully saturated rings. The van der Waals surface area contributed by atoms with Crippen molar-refractivity contribution in [1.29, 1.82) is 0 Å². The average Bonchev–Trinajstić information content (AvgIpc) is 2.40. The zero-order chi connectivity index (χ0) is 14.9. The molecule has 2 aromatic rings. The van der Waals surface area contributed by atoms with E-state index < -0.39 is 0 Å². The zero-order valence-corrected chi connectivity index (χ0v) is 12.8. The molecule has 0 saturated carbocycles. The summed E-state index contributed by atoms with van der Waals surface area (Å²) in [4.78, 5) is 11.1. The Bertz CT molecular complexity index is 620. The summed E-state index contributed by atoms with van der Waals surface area (Å²) in [6, 6.07) is 8.33. The minimum Gasteiger partial charge on any atom is -0.383 e. The third-order valence-electron chi connectivity index (χ3n) is 3.40. The zero-order valence-electron chi connectivity index (χ0n) is 12.8. The van der Waals surface area contributed by atoms with Crippen molar-refractivity contribution in [2.24, 2.45) is 0 Å². The molecular formula is C16H22N4. The van der Waals surface area contributed by atoms with E-state index in [9.17, 15) is 0 Å². The lowest BCUT2D eigenvalue weighted by Crippen LogP contribution is -2.16. The number of benzene rings is 1. The second-order valence-electron chi connectivity index (χ2n) is 5.47. The van der Waals surface area contributed by atoms with Gasteiger partial charge in [-0.15, -0.1) is 0 Å². The first-order valence-corrected chi connectivity index (χ1v) is 6.84. The second kappa shape index (κ2) is 5.49. The van der Waals surface area contributed by atoms with Gasteiger partial charge in [0.15, 0.2) is 0 Å². The van der Waals surface area contributed by atoms with Gasteiger partial charge in [-0.25, -0.2) is 9.97 Å². The molecule has 0 aliphatic carbocycles. The van der Waals surface area contributed by atoms with Crippen molar-refractivity contribution in [3.63, 3.8) is 0 Å². The summed E-state index contributed by atoms with van der Waals surface area (Å²) in [6.45, 7) is 8.18. The van der Waals surface area contributed by atoms with Gasteiger partial charge in [-0.1, -0.05) is 26.0 Å². The molecule has 1 aromatic heterocycles. The third-order valence-corrected chi connectivity index (χ3v) is 3.40. The Labute approximate surface area is 120 Å². The standard InChI is InChI=1S/C16H22N4/c1-10(2)15-18-14(17)12(4)16(19-15)20(5)13-8-6-7-11(3)9-13/h6-10H,1-5H3,(H2,17,18,19). The van der Waals surface area contributed by atoms with Gasteiger partial charge in [-0.2, -0.15) is 0 Å². The first kappa shape index (κ1) is 14.3. The fourth-order valence-electron chi connectivity index (χ4n) is 2.08. The van der Waals surface area contributed by atoms with E-state index >= 15 is 0 Å². The molecule has 2 N–H and O–H groups in total. The number of hydrogen-bond donors (Lipinski definition) is 1. The maximum absolute atomic E-state index is 6.03. The number of nitrogens with zero attached hydrogens (tertiary/aromatic N) is 3. The summed E-state index contributed by atoms with van der Waals surface area (Å²) in [5.74, 6) is 2.45. The number of hydrogen-bond acceptors (Lipinski definition) is 4. The van der Waals surface area contributed by atoms with Gasteiger partial charge in [0.25, 0.3) is 0 Å². The van der Waals surface area contributed by atoms with Gasteiger partial charge in [-0.3, -0.25) is 0 Å². The van der Waals surface area contributed by atoms with E-state index in [4.69, 9.17) is 5.73 Å². The van der Waals surface area contributed by atoms with Crippen LogP contribution in [0, 0.1) is 13.8 Å². The SMILES string of the molecule is Cc1cccc(N(C)c2nc(C(C)C)nc(N)c2C)c1. The number of anilines is 3. The van der Waals surface area contributed by atoms with Gasteiger partial charge in [-0.05, 0) is 31.5 Å². The summed E-state index contributed by atoms with van der Waals surface area (Å²) in [7, 11) is 2.01. The van der Waals surface area contributed by atoms with E-state index in [0.717, 1.165) is 22.9 Å². The van der Waals surface area contributed by atoms with E-state index in [1.54, 1.807) is 0 Å². The largest absolute Gasteiger partial charge is 0.383 e. The van der Waals surface area contributed by atoms with Gasteiger partial charge in [0.05, 0.1) is 0 Å². The highest BCUT2D eigenvalue weighted by molar-refractivity contribution is 5.66. The average molecular weight is 270 g/mol. The van der Waals surface area contributed by atoms with Crippen molar-refractivity contribution in [3.05, 3.63) is 41.2 Å². The second-order valence-corrected chi connectivity index (χ2v) is 5.47. The molecule has 1 heterocycles. The fraction of sp³-hybridized carbons (Fsp3) is 0.375. The Kier molecular flexibility index (Phi) is 3.93. The molecule has 106 valence electrons. The van der Waals surface area contributed by atoms with Crippen LogP contribution in [0.1, 0.15) is 36.7 Å². The maximum Gasteiger partial charge on any atom is 0.141 e. The van der Waals surface area contributed by atoms with Crippen molar-refractivity contribution in [2.75, 3.05) is 17.7 Å². The first-order valence-electron chi connectivity index (χ1n) is 6.84. The molecule has 0 bridgehead atoms. The van der Waals surface area contributed by atoms with Gasteiger partial charge in [0, 0.05) is 24.2 Å². The van der Waals surface area contributed by atoms with E-state index in [2.05, 4.69) is 53.8 Å². The third kappa shape index (κ3) is 2.74. The van der Waals surface area contributed by atoms with Crippen molar-refractivity contribution in [1.82, 2.24) is 9.97 Å². The van der Waals surface area contributed by atoms with Crippen LogP contribution in [0.5, 0.6) is 0 Å². The number of rotatable bonds is 3. The van der Waals surface area contributed by atoms with Crippen LogP contribution < -0.4 is 10.6 Å². The highest BCUT2D eigenvalue weighted by Crippen LogP contribution is 2.29. The molecule has 0 saturated heterocycles. The van der Waals surface area contributed by atoms with Crippen molar-refractivity contribution >= 4 is 17.3 Å². The Hall–Kier alpha value is -2.10. The smallest absolute Gasteiger partial charge is 0.141 e. The lowest BCUT2D eigenvalue weighted by atomic mass is 10.1.